The third kappa shape index (κ3) is 5.61. The van der Waals surface area contributed by atoms with E-state index >= 15 is 0 Å². The smallest absolute Gasteiger partial charge is 0.318 e. The lowest BCUT2D eigenvalue weighted by molar-refractivity contribution is -0.137. The number of carboxylic acids is 1. The number of carbonyl (C=O) groups is 3. The lowest BCUT2D eigenvalue weighted by Gasteiger charge is -2.34. The standard InChI is InChI=1S/C14H25N3O4/c1-10(6-7-12(18)19)9-16-14(21)17-8-4-3-5-11(17)13(20)15-2/h10-11H,3-9H2,1-2H3,(H,15,20)(H,16,21)(H,18,19). The molecule has 21 heavy (non-hydrogen) atoms. The van der Waals surface area contributed by atoms with E-state index in [2.05, 4.69) is 10.6 Å². The summed E-state index contributed by atoms with van der Waals surface area (Å²) in [5.74, 6) is -0.874. The monoisotopic (exact) mass is 299 g/mol. The van der Waals surface area contributed by atoms with Gasteiger partial charge in [-0.15, -0.1) is 0 Å². The van der Waals surface area contributed by atoms with Crippen molar-refractivity contribution in [1.29, 1.82) is 0 Å². The third-order valence-corrected chi connectivity index (χ3v) is 3.77. The van der Waals surface area contributed by atoms with Crippen LogP contribution in [-0.2, 0) is 9.59 Å². The number of urea groups is 1. The molecule has 0 aliphatic carbocycles. The van der Waals surface area contributed by atoms with Gasteiger partial charge < -0.3 is 20.6 Å². The Hall–Kier alpha value is -1.79. The molecule has 1 rings (SSSR count). The lowest BCUT2D eigenvalue weighted by atomic mass is 10.0. The molecule has 2 atom stereocenters. The van der Waals surface area contributed by atoms with Gasteiger partial charge >= 0.3 is 12.0 Å². The van der Waals surface area contributed by atoms with Gasteiger partial charge in [-0.25, -0.2) is 4.79 Å². The summed E-state index contributed by atoms with van der Waals surface area (Å²) in [5.41, 5.74) is 0. The number of nitrogens with one attached hydrogen (secondary N) is 2. The first-order valence-corrected chi connectivity index (χ1v) is 7.43. The highest BCUT2D eigenvalue weighted by Gasteiger charge is 2.31. The van der Waals surface area contributed by atoms with E-state index in [-0.39, 0.29) is 24.3 Å². The normalized spacial score (nSPS) is 19.7. The summed E-state index contributed by atoms with van der Waals surface area (Å²) in [7, 11) is 1.57. The molecule has 2 unspecified atom stereocenters. The van der Waals surface area contributed by atoms with Crippen molar-refractivity contribution < 1.29 is 19.5 Å². The van der Waals surface area contributed by atoms with Crippen molar-refractivity contribution >= 4 is 17.9 Å². The van der Waals surface area contributed by atoms with Gasteiger partial charge in [0.1, 0.15) is 6.04 Å². The molecule has 1 fully saturated rings. The number of piperidine rings is 1. The zero-order valence-corrected chi connectivity index (χ0v) is 12.7. The van der Waals surface area contributed by atoms with Crippen LogP contribution in [0, 0.1) is 5.92 Å². The first kappa shape index (κ1) is 17.3. The number of rotatable bonds is 6. The van der Waals surface area contributed by atoms with Gasteiger partial charge in [0.25, 0.3) is 0 Å². The number of carbonyl (C=O) groups excluding carboxylic acids is 2. The van der Waals surface area contributed by atoms with Gasteiger partial charge in [0.15, 0.2) is 0 Å². The van der Waals surface area contributed by atoms with Crippen LogP contribution in [-0.4, -0.2) is 54.1 Å². The van der Waals surface area contributed by atoms with Crippen molar-refractivity contribution in [3.63, 3.8) is 0 Å². The second kappa shape index (κ2) is 8.49. The quantitative estimate of drug-likeness (QED) is 0.675. The molecule has 1 aliphatic heterocycles. The zero-order valence-electron chi connectivity index (χ0n) is 12.7. The van der Waals surface area contributed by atoms with Gasteiger partial charge in [-0.1, -0.05) is 6.92 Å². The van der Waals surface area contributed by atoms with Gasteiger partial charge in [0.2, 0.25) is 5.91 Å². The number of hydrogen-bond donors (Lipinski definition) is 3. The Balaban J connectivity index is 2.45. The SMILES string of the molecule is CNC(=O)C1CCCCN1C(=O)NCC(C)CCC(=O)O. The first-order chi connectivity index (χ1) is 9.95. The van der Waals surface area contributed by atoms with Crippen LogP contribution in [0.25, 0.3) is 0 Å². The summed E-state index contributed by atoms with van der Waals surface area (Å²) in [6.45, 7) is 2.90. The summed E-state index contributed by atoms with van der Waals surface area (Å²) in [6.07, 6.45) is 3.14. The molecular weight excluding hydrogens is 274 g/mol. The van der Waals surface area contributed by atoms with E-state index in [1.807, 2.05) is 6.92 Å². The summed E-state index contributed by atoms with van der Waals surface area (Å²) in [4.78, 5) is 36.1. The lowest BCUT2D eigenvalue weighted by Crippen LogP contribution is -2.54. The molecule has 0 aromatic rings. The van der Waals surface area contributed by atoms with E-state index in [1.165, 1.54) is 0 Å². The van der Waals surface area contributed by atoms with Gasteiger partial charge in [0, 0.05) is 26.6 Å². The van der Waals surface area contributed by atoms with Gasteiger partial charge in [-0.05, 0) is 31.6 Å². The van der Waals surface area contributed by atoms with Gasteiger partial charge in [-0.2, -0.15) is 0 Å². The minimum atomic E-state index is -0.830. The van der Waals surface area contributed by atoms with E-state index in [0.29, 0.717) is 25.9 Å². The number of aliphatic carboxylic acids is 1. The maximum atomic E-state index is 12.2. The van der Waals surface area contributed by atoms with E-state index in [0.717, 1.165) is 12.8 Å². The highest BCUT2D eigenvalue weighted by molar-refractivity contribution is 5.87. The molecule has 7 heteroatoms. The Morgan fingerprint density at radius 3 is 2.67 bits per heavy atom. The molecule has 0 saturated carbocycles. The Labute approximate surface area is 125 Å². The summed E-state index contributed by atoms with van der Waals surface area (Å²) >= 11 is 0. The topological polar surface area (TPSA) is 98.7 Å². The van der Waals surface area contributed by atoms with Crippen LogP contribution in [0.5, 0.6) is 0 Å². The van der Waals surface area contributed by atoms with Crippen LogP contribution in [0.3, 0.4) is 0 Å². The molecular formula is C14H25N3O4. The molecule has 0 spiro atoms. The maximum absolute atomic E-state index is 12.2. The number of amides is 3. The van der Waals surface area contributed by atoms with E-state index in [9.17, 15) is 14.4 Å². The van der Waals surface area contributed by atoms with E-state index in [1.54, 1.807) is 11.9 Å². The second-order valence-electron chi connectivity index (χ2n) is 5.54. The molecule has 3 amide bonds. The minimum absolute atomic E-state index is 0.0910. The first-order valence-electron chi connectivity index (χ1n) is 7.43. The third-order valence-electron chi connectivity index (χ3n) is 3.77. The van der Waals surface area contributed by atoms with Crippen molar-refractivity contribution in [3.8, 4) is 0 Å². The van der Waals surface area contributed by atoms with Crippen LogP contribution in [0.4, 0.5) is 4.79 Å². The highest BCUT2D eigenvalue weighted by atomic mass is 16.4. The summed E-state index contributed by atoms with van der Waals surface area (Å²) in [5, 5.41) is 14.0. The minimum Gasteiger partial charge on any atom is -0.481 e. The molecule has 7 nitrogen and oxygen atoms in total. The number of nitrogens with zero attached hydrogens (tertiary/aromatic N) is 1. The van der Waals surface area contributed by atoms with Crippen molar-refractivity contribution in [2.24, 2.45) is 5.92 Å². The molecule has 1 aliphatic rings. The van der Waals surface area contributed by atoms with Crippen molar-refractivity contribution in [1.82, 2.24) is 15.5 Å². The summed E-state index contributed by atoms with van der Waals surface area (Å²) in [6, 6.07) is -0.649. The van der Waals surface area contributed by atoms with Crippen molar-refractivity contribution in [3.05, 3.63) is 0 Å². The number of hydrogen-bond acceptors (Lipinski definition) is 3. The molecule has 120 valence electrons. The molecule has 0 aromatic carbocycles. The Morgan fingerprint density at radius 1 is 1.33 bits per heavy atom. The maximum Gasteiger partial charge on any atom is 0.318 e. The number of likely N-dealkylation sites (tertiary alicyclic amines) is 1. The fourth-order valence-corrected chi connectivity index (χ4v) is 2.45. The van der Waals surface area contributed by atoms with Crippen LogP contribution in [0.2, 0.25) is 0 Å². The molecule has 1 heterocycles. The Morgan fingerprint density at radius 2 is 2.05 bits per heavy atom. The van der Waals surface area contributed by atoms with Crippen molar-refractivity contribution in [2.45, 2.75) is 45.1 Å². The van der Waals surface area contributed by atoms with Crippen LogP contribution in [0.1, 0.15) is 39.0 Å². The average molecular weight is 299 g/mol. The van der Waals surface area contributed by atoms with Crippen LogP contribution in [0.15, 0.2) is 0 Å². The van der Waals surface area contributed by atoms with Crippen molar-refractivity contribution in [2.75, 3.05) is 20.1 Å². The fourth-order valence-electron chi connectivity index (χ4n) is 2.45. The molecule has 0 radical (unpaired) electrons. The zero-order chi connectivity index (χ0) is 15.8. The number of likely N-dealkylation sites (N-methyl/N-ethyl adjacent to an activating group) is 1. The highest BCUT2D eigenvalue weighted by Crippen LogP contribution is 2.17. The Bertz CT molecular complexity index is 386. The molecule has 0 aromatic heterocycles. The number of carboxylic acid groups (broad SMARTS) is 1. The Kier molecular flexibility index (Phi) is 6.98. The predicted octanol–water partition coefficient (Wildman–Crippen LogP) is 0.797. The second-order valence-corrected chi connectivity index (χ2v) is 5.54. The average Bonchev–Trinajstić information content (AvgIpc) is 2.49. The van der Waals surface area contributed by atoms with Gasteiger partial charge in [0.05, 0.1) is 0 Å². The van der Waals surface area contributed by atoms with Crippen LogP contribution < -0.4 is 10.6 Å². The summed E-state index contributed by atoms with van der Waals surface area (Å²) < 4.78 is 0. The largest absolute Gasteiger partial charge is 0.481 e. The van der Waals surface area contributed by atoms with Crippen LogP contribution >= 0.6 is 0 Å². The van der Waals surface area contributed by atoms with E-state index in [4.69, 9.17) is 5.11 Å². The molecule has 0 bridgehead atoms. The van der Waals surface area contributed by atoms with E-state index < -0.39 is 12.0 Å². The molecule has 3 N–H and O–H groups in total. The van der Waals surface area contributed by atoms with Gasteiger partial charge in [-0.3, -0.25) is 9.59 Å². The predicted molar refractivity (Wildman–Crippen MR) is 77.8 cm³/mol. The fraction of sp³-hybridized carbons (Fsp3) is 0.786. The molecule has 1 saturated heterocycles.